The van der Waals surface area contributed by atoms with E-state index in [2.05, 4.69) is 48.5 Å². The van der Waals surface area contributed by atoms with Gasteiger partial charge in [0.05, 0.1) is 26.4 Å². The van der Waals surface area contributed by atoms with Gasteiger partial charge in [-0.05, 0) is 43.4 Å². The molecule has 0 saturated carbocycles. The van der Waals surface area contributed by atoms with Gasteiger partial charge in [0, 0.05) is 25.7 Å². The Kier molecular flexibility index (Phi) is 70.9. The maximum atomic E-state index is 13.1. The summed E-state index contributed by atoms with van der Waals surface area (Å²) in [5.74, 6) is 0.181. The lowest BCUT2D eigenvalue weighted by Crippen LogP contribution is -2.30. The third-order valence-corrected chi connectivity index (χ3v) is 21.0. The quantitative estimate of drug-likeness (QED) is 0.0222. The number of phosphoric ester groups is 2. The van der Waals surface area contributed by atoms with Crippen LogP contribution in [0.1, 0.15) is 427 Å². The summed E-state index contributed by atoms with van der Waals surface area (Å²) < 4.78 is 68.8. The molecule has 19 heteroatoms. The van der Waals surface area contributed by atoms with Gasteiger partial charge in [0.25, 0.3) is 0 Å². The first-order chi connectivity index (χ1) is 48.7. The zero-order chi connectivity index (χ0) is 74.4. The molecule has 0 spiro atoms. The summed E-state index contributed by atoms with van der Waals surface area (Å²) in [6, 6.07) is 0. The second-order valence-corrected chi connectivity index (χ2v) is 33.8. The molecule has 0 bridgehead atoms. The molecular formula is C82H160O17P2. The van der Waals surface area contributed by atoms with Crippen molar-refractivity contribution in [1.29, 1.82) is 0 Å². The van der Waals surface area contributed by atoms with Crippen molar-refractivity contribution in [3.05, 3.63) is 0 Å². The van der Waals surface area contributed by atoms with Crippen LogP contribution in [0, 0.1) is 17.8 Å². The van der Waals surface area contributed by atoms with Gasteiger partial charge in [0.1, 0.15) is 19.3 Å². The highest BCUT2D eigenvalue weighted by atomic mass is 31.2. The van der Waals surface area contributed by atoms with Crippen molar-refractivity contribution in [2.24, 2.45) is 17.8 Å². The Balaban J connectivity index is 5.25. The summed E-state index contributed by atoms with van der Waals surface area (Å²) in [5, 5.41) is 10.7. The van der Waals surface area contributed by atoms with E-state index in [1.807, 2.05) is 0 Å². The van der Waals surface area contributed by atoms with Gasteiger partial charge in [-0.15, -0.1) is 0 Å². The number of carbonyl (C=O) groups excluding carboxylic acids is 4. The molecule has 3 N–H and O–H groups in total. The van der Waals surface area contributed by atoms with Gasteiger partial charge in [-0.2, -0.15) is 0 Å². The first-order valence-corrected chi connectivity index (χ1v) is 45.3. The van der Waals surface area contributed by atoms with Crippen molar-refractivity contribution in [2.45, 2.75) is 446 Å². The highest BCUT2D eigenvalue weighted by Crippen LogP contribution is 2.45. The van der Waals surface area contributed by atoms with E-state index in [4.69, 9.17) is 37.0 Å². The molecule has 0 radical (unpaired) electrons. The Morgan fingerprint density at radius 2 is 0.455 bits per heavy atom. The molecule has 0 fully saturated rings. The Labute approximate surface area is 619 Å². The van der Waals surface area contributed by atoms with Gasteiger partial charge in [-0.3, -0.25) is 37.3 Å². The highest BCUT2D eigenvalue weighted by Gasteiger charge is 2.30. The van der Waals surface area contributed by atoms with E-state index in [0.29, 0.717) is 25.7 Å². The fourth-order valence-electron chi connectivity index (χ4n) is 12.7. The third-order valence-electron chi connectivity index (χ3n) is 19.1. The predicted molar refractivity (Wildman–Crippen MR) is 414 cm³/mol. The van der Waals surface area contributed by atoms with E-state index in [0.717, 1.165) is 108 Å². The zero-order valence-electron chi connectivity index (χ0n) is 66.4. The van der Waals surface area contributed by atoms with E-state index in [9.17, 15) is 43.2 Å². The monoisotopic (exact) mass is 1480 g/mol. The van der Waals surface area contributed by atoms with Crippen LogP contribution in [0.5, 0.6) is 0 Å². The van der Waals surface area contributed by atoms with Crippen LogP contribution in [0.4, 0.5) is 0 Å². The summed E-state index contributed by atoms with van der Waals surface area (Å²) >= 11 is 0. The lowest BCUT2D eigenvalue weighted by molar-refractivity contribution is -0.161. The Hall–Kier alpha value is -1.94. The smallest absolute Gasteiger partial charge is 0.462 e. The Morgan fingerprint density at radius 1 is 0.267 bits per heavy atom. The van der Waals surface area contributed by atoms with Crippen molar-refractivity contribution < 1.29 is 80.2 Å². The number of aliphatic hydroxyl groups is 1. The average molecular weight is 1480 g/mol. The third kappa shape index (κ3) is 76.1. The van der Waals surface area contributed by atoms with Crippen molar-refractivity contribution in [3.63, 3.8) is 0 Å². The Morgan fingerprint density at radius 3 is 0.673 bits per heavy atom. The fourth-order valence-corrected chi connectivity index (χ4v) is 14.2. The van der Waals surface area contributed by atoms with E-state index in [-0.39, 0.29) is 25.7 Å². The minimum absolute atomic E-state index is 0.106. The van der Waals surface area contributed by atoms with E-state index in [1.54, 1.807) is 0 Å². The molecule has 5 atom stereocenters. The van der Waals surface area contributed by atoms with Crippen LogP contribution in [0.25, 0.3) is 0 Å². The van der Waals surface area contributed by atoms with Gasteiger partial charge in [0.15, 0.2) is 12.2 Å². The molecule has 0 aromatic heterocycles. The molecule has 0 saturated heterocycles. The molecule has 0 aliphatic rings. The van der Waals surface area contributed by atoms with E-state index >= 15 is 0 Å². The van der Waals surface area contributed by atoms with Crippen LogP contribution in [-0.4, -0.2) is 96.7 Å². The summed E-state index contributed by atoms with van der Waals surface area (Å²) in [4.78, 5) is 73.1. The second-order valence-electron chi connectivity index (χ2n) is 30.9. The molecule has 101 heavy (non-hydrogen) atoms. The minimum Gasteiger partial charge on any atom is -0.462 e. The predicted octanol–water partition coefficient (Wildman–Crippen LogP) is 24.5. The molecule has 2 unspecified atom stereocenters. The van der Waals surface area contributed by atoms with Gasteiger partial charge >= 0.3 is 39.5 Å². The molecule has 0 aromatic carbocycles. The van der Waals surface area contributed by atoms with Crippen LogP contribution in [0.15, 0.2) is 0 Å². The molecular weight excluding hydrogens is 1320 g/mol. The second kappa shape index (κ2) is 72.3. The van der Waals surface area contributed by atoms with Crippen LogP contribution in [0.3, 0.4) is 0 Å². The van der Waals surface area contributed by atoms with Crippen molar-refractivity contribution in [1.82, 2.24) is 0 Å². The van der Waals surface area contributed by atoms with Crippen LogP contribution >= 0.6 is 15.6 Å². The number of unbranched alkanes of at least 4 members (excludes halogenated alkanes) is 48. The first-order valence-electron chi connectivity index (χ1n) is 42.3. The SMILES string of the molecule is CCCCCCCCCCCCCCCCCCCCCC(=O)O[C@H](COC(=O)CCCCCCCCCCCCCCCCC(C)C)COP(=O)(O)OC[C@@H](O)COP(=O)(O)OC[C@@H](COC(=O)CCCCCCCCCCC(C)C)OC(=O)CCCCCCCCCCCCCC(C)C. The van der Waals surface area contributed by atoms with Crippen molar-refractivity contribution in [2.75, 3.05) is 39.6 Å². The van der Waals surface area contributed by atoms with Crippen LogP contribution < -0.4 is 0 Å². The molecule has 0 aromatic rings. The number of rotatable bonds is 80. The summed E-state index contributed by atoms with van der Waals surface area (Å²) in [6.07, 6.45) is 61.1. The van der Waals surface area contributed by atoms with Crippen LogP contribution in [0.2, 0.25) is 0 Å². The van der Waals surface area contributed by atoms with Gasteiger partial charge < -0.3 is 33.8 Å². The lowest BCUT2D eigenvalue weighted by Gasteiger charge is -2.21. The number of ether oxygens (including phenoxy) is 4. The zero-order valence-corrected chi connectivity index (χ0v) is 68.2. The van der Waals surface area contributed by atoms with Gasteiger partial charge in [0.2, 0.25) is 0 Å². The largest absolute Gasteiger partial charge is 0.472 e. The fraction of sp³-hybridized carbons (Fsp3) is 0.951. The highest BCUT2D eigenvalue weighted by molar-refractivity contribution is 7.47. The number of phosphoric acid groups is 2. The van der Waals surface area contributed by atoms with Crippen LogP contribution in [-0.2, 0) is 65.4 Å². The van der Waals surface area contributed by atoms with Gasteiger partial charge in [-0.25, -0.2) is 9.13 Å². The van der Waals surface area contributed by atoms with E-state index in [1.165, 1.54) is 238 Å². The summed E-state index contributed by atoms with van der Waals surface area (Å²) in [6.45, 7) is 11.9. The standard InChI is InChI=1S/C82H160O17P2/c1-8-9-10-11-12-13-14-15-16-17-18-19-20-25-30-35-44-51-58-65-81(86)98-77(69-92-79(84)63-56-49-42-34-29-24-22-21-23-27-32-39-46-53-60-73(2)3)71-96-100(88,89)94-67-76(83)68-95-101(90,91)97-72-78(70-93-80(85)64-57-50-43-38-37-41-48-55-62-75(6)7)99-82(87)66-59-52-45-36-31-26-28-33-40-47-54-61-74(4)5/h73-78,83H,8-72H2,1-7H3,(H,88,89)(H,90,91)/t76-,77-,78-/m1/s1. The number of carbonyl (C=O) groups is 4. The Bertz CT molecular complexity index is 1960. The number of hydrogen-bond donors (Lipinski definition) is 3. The summed E-state index contributed by atoms with van der Waals surface area (Å²) in [7, 11) is -9.92. The molecule has 0 amide bonds. The number of esters is 4. The first kappa shape index (κ1) is 99.1. The summed E-state index contributed by atoms with van der Waals surface area (Å²) in [5.41, 5.74) is 0. The maximum absolute atomic E-state index is 13.1. The number of aliphatic hydroxyl groups excluding tert-OH is 1. The van der Waals surface area contributed by atoms with Gasteiger partial charge in [-0.1, -0.05) is 376 Å². The minimum atomic E-state index is -4.96. The lowest BCUT2D eigenvalue weighted by atomic mass is 10.0. The van der Waals surface area contributed by atoms with Crippen molar-refractivity contribution in [3.8, 4) is 0 Å². The molecule has 17 nitrogen and oxygen atoms in total. The number of hydrogen-bond acceptors (Lipinski definition) is 15. The molecule has 0 aliphatic heterocycles. The molecule has 600 valence electrons. The van der Waals surface area contributed by atoms with Crippen molar-refractivity contribution >= 4 is 39.5 Å². The molecule has 0 aliphatic carbocycles. The maximum Gasteiger partial charge on any atom is 0.472 e. The average Bonchev–Trinajstić information content (AvgIpc) is 0.918. The normalized spacial score (nSPS) is 14.0. The molecule has 0 rings (SSSR count). The van der Waals surface area contributed by atoms with E-state index < -0.39 is 97.5 Å². The topological polar surface area (TPSA) is 237 Å². The molecule has 0 heterocycles.